The minimum atomic E-state index is 0.135. The number of guanidine groups is 1. The first-order valence-electron chi connectivity index (χ1n) is 8.88. The molecule has 1 fully saturated rings. The van der Waals surface area contributed by atoms with Crippen LogP contribution in [0.4, 0.5) is 0 Å². The van der Waals surface area contributed by atoms with E-state index in [1.54, 1.807) is 7.05 Å². The maximum atomic E-state index is 5.95. The lowest BCUT2D eigenvalue weighted by molar-refractivity contribution is 0.296. The number of nitrogens with one attached hydrogen (secondary N) is 3. The average Bonchev–Trinajstić information content (AvgIpc) is 3.36. The Kier molecular flexibility index (Phi) is 6.91. The number of ether oxygens (including phenoxy) is 1. The average molecular weight is 332 g/mol. The summed E-state index contributed by atoms with van der Waals surface area (Å²) in [6.45, 7) is 9.76. The van der Waals surface area contributed by atoms with Crippen molar-refractivity contribution in [1.82, 2.24) is 16.0 Å². The second-order valence-electron chi connectivity index (χ2n) is 7.39. The van der Waals surface area contributed by atoms with E-state index in [2.05, 4.69) is 47.8 Å². The predicted molar refractivity (Wildman–Crippen MR) is 101 cm³/mol. The quantitative estimate of drug-likeness (QED) is 0.389. The third-order valence-corrected chi connectivity index (χ3v) is 3.89. The van der Waals surface area contributed by atoms with Crippen LogP contribution in [0.5, 0.6) is 5.75 Å². The fourth-order valence-electron chi connectivity index (χ4n) is 2.30. The van der Waals surface area contributed by atoms with Gasteiger partial charge in [-0.25, -0.2) is 0 Å². The number of rotatable bonds is 8. The summed E-state index contributed by atoms with van der Waals surface area (Å²) < 4.78 is 5.95. The van der Waals surface area contributed by atoms with E-state index in [-0.39, 0.29) is 5.54 Å². The molecule has 0 amide bonds. The van der Waals surface area contributed by atoms with Gasteiger partial charge in [-0.1, -0.05) is 18.2 Å². The lowest BCUT2D eigenvalue weighted by Crippen LogP contribution is -2.44. The molecule has 0 saturated heterocycles. The molecule has 0 bridgehead atoms. The Labute approximate surface area is 146 Å². The van der Waals surface area contributed by atoms with Crippen molar-refractivity contribution in [1.29, 1.82) is 0 Å². The van der Waals surface area contributed by atoms with E-state index in [0.29, 0.717) is 6.54 Å². The van der Waals surface area contributed by atoms with E-state index in [1.165, 1.54) is 12.8 Å². The van der Waals surface area contributed by atoms with Crippen LogP contribution in [-0.4, -0.2) is 38.2 Å². The molecular formula is C19H32N4O. The maximum Gasteiger partial charge on any atom is 0.191 e. The van der Waals surface area contributed by atoms with E-state index in [0.717, 1.165) is 42.9 Å². The van der Waals surface area contributed by atoms with Crippen molar-refractivity contribution in [2.45, 2.75) is 45.7 Å². The van der Waals surface area contributed by atoms with Crippen LogP contribution >= 0.6 is 0 Å². The van der Waals surface area contributed by atoms with Gasteiger partial charge in [0.1, 0.15) is 5.75 Å². The molecule has 3 N–H and O–H groups in total. The fraction of sp³-hybridized carbons (Fsp3) is 0.632. The maximum absolute atomic E-state index is 5.95. The van der Waals surface area contributed by atoms with E-state index in [9.17, 15) is 0 Å². The largest absolute Gasteiger partial charge is 0.493 e. The number of hydrogen-bond donors (Lipinski definition) is 3. The van der Waals surface area contributed by atoms with Gasteiger partial charge in [0.05, 0.1) is 6.61 Å². The molecule has 1 aliphatic rings. The summed E-state index contributed by atoms with van der Waals surface area (Å²) in [6.07, 6.45) is 2.61. The number of para-hydroxylation sites is 1. The second kappa shape index (κ2) is 8.92. The third-order valence-electron chi connectivity index (χ3n) is 3.89. The third kappa shape index (κ3) is 7.21. The normalized spacial score (nSPS) is 15.2. The van der Waals surface area contributed by atoms with E-state index < -0.39 is 0 Å². The van der Waals surface area contributed by atoms with E-state index >= 15 is 0 Å². The van der Waals surface area contributed by atoms with Gasteiger partial charge >= 0.3 is 0 Å². The summed E-state index contributed by atoms with van der Waals surface area (Å²) in [5.74, 6) is 2.54. The number of hydrogen-bond acceptors (Lipinski definition) is 3. The van der Waals surface area contributed by atoms with Crippen molar-refractivity contribution < 1.29 is 4.74 Å². The predicted octanol–water partition coefficient (Wildman–Crippen LogP) is 2.53. The molecule has 0 spiro atoms. The molecule has 1 aromatic carbocycles. The first kappa shape index (κ1) is 18.6. The highest BCUT2D eigenvalue weighted by Gasteiger charge is 2.22. The summed E-state index contributed by atoms with van der Waals surface area (Å²) in [5.41, 5.74) is 1.30. The Bertz CT molecular complexity index is 532. The molecule has 24 heavy (non-hydrogen) atoms. The van der Waals surface area contributed by atoms with Crippen LogP contribution in [0.25, 0.3) is 0 Å². The first-order chi connectivity index (χ1) is 11.5. The Hall–Kier alpha value is -1.75. The van der Waals surface area contributed by atoms with Crippen LogP contribution in [0.1, 0.15) is 39.2 Å². The molecule has 0 heterocycles. The molecule has 134 valence electrons. The Morgan fingerprint density at radius 3 is 2.58 bits per heavy atom. The number of aliphatic imine (C=N–C) groups is 1. The second-order valence-corrected chi connectivity index (χ2v) is 7.39. The van der Waals surface area contributed by atoms with Gasteiger partial charge in [0.2, 0.25) is 0 Å². The Morgan fingerprint density at radius 2 is 1.92 bits per heavy atom. The van der Waals surface area contributed by atoms with Gasteiger partial charge in [-0.05, 0) is 45.6 Å². The summed E-state index contributed by atoms with van der Waals surface area (Å²) >= 11 is 0. The SMILES string of the molecule is CN=C(NCCNC(C)(C)C)NCc1ccccc1OCC1CC1. The lowest BCUT2D eigenvalue weighted by atomic mass is 10.1. The van der Waals surface area contributed by atoms with Crippen LogP contribution in [0.15, 0.2) is 29.3 Å². The molecule has 0 unspecified atom stereocenters. The molecule has 2 rings (SSSR count). The minimum absolute atomic E-state index is 0.135. The zero-order chi connectivity index (χ0) is 17.4. The molecule has 1 aromatic rings. The molecule has 1 aliphatic carbocycles. The summed E-state index contributed by atoms with van der Waals surface area (Å²) in [6, 6.07) is 8.22. The van der Waals surface area contributed by atoms with Gasteiger partial charge in [-0.3, -0.25) is 4.99 Å². The van der Waals surface area contributed by atoms with Crippen molar-refractivity contribution in [3.63, 3.8) is 0 Å². The van der Waals surface area contributed by atoms with E-state index in [1.807, 2.05) is 18.2 Å². The van der Waals surface area contributed by atoms with Gasteiger partial charge in [0, 0.05) is 37.8 Å². The molecular weight excluding hydrogens is 300 g/mol. The smallest absolute Gasteiger partial charge is 0.191 e. The number of benzene rings is 1. The van der Waals surface area contributed by atoms with Crippen molar-refractivity contribution in [2.24, 2.45) is 10.9 Å². The molecule has 5 nitrogen and oxygen atoms in total. The first-order valence-corrected chi connectivity index (χ1v) is 8.88. The van der Waals surface area contributed by atoms with Crippen LogP contribution in [0.2, 0.25) is 0 Å². The fourth-order valence-corrected chi connectivity index (χ4v) is 2.30. The van der Waals surface area contributed by atoms with Gasteiger partial charge < -0.3 is 20.7 Å². The molecule has 1 saturated carbocycles. The highest BCUT2D eigenvalue weighted by molar-refractivity contribution is 5.79. The molecule has 0 radical (unpaired) electrons. The topological polar surface area (TPSA) is 57.7 Å². The zero-order valence-electron chi connectivity index (χ0n) is 15.5. The monoisotopic (exact) mass is 332 g/mol. The molecule has 0 atom stereocenters. The summed E-state index contributed by atoms with van der Waals surface area (Å²) in [4.78, 5) is 4.28. The van der Waals surface area contributed by atoms with Crippen molar-refractivity contribution in [3.8, 4) is 5.75 Å². The molecule has 5 heteroatoms. The highest BCUT2D eigenvalue weighted by Crippen LogP contribution is 2.30. The van der Waals surface area contributed by atoms with Crippen molar-refractivity contribution in [2.75, 3.05) is 26.7 Å². The van der Waals surface area contributed by atoms with Crippen molar-refractivity contribution in [3.05, 3.63) is 29.8 Å². The summed E-state index contributed by atoms with van der Waals surface area (Å²) in [5, 5.41) is 10.1. The standard InChI is InChI=1S/C19H32N4O/c1-19(2,3)23-12-11-21-18(20-4)22-13-16-7-5-6-8-17(16)24-14-15-9-10-15/h5-8,15,23H,9-14H2,1-4H3,(H2,20,21,22). The van der Waals surface area contributed by atoms with Crippen LogP contribution in [-0.2, 0) is 6.54 Å². The summed E-state index contributed by atoms with van der Waals surface area (Å²) in [7, 11) is 1.79. The van der Waals surface area contributed by atoms with Crippen LogP contribution < -0.4 is 20.7 Å². The Morgan fingerprint density at radius 1 is 1.17 bits per heavy atom. The van der Waals surface area contributed by atoms with Gasteiger partial charge in [0.15, 0.2) is 5.96 Å². The Balaban J connectivity index is 1.75. The molecule has 0 aromatic heterocycles. The van der Waals surface area contributed by atoms with Crippen LogP contribution in [0.3, 0.4) is 0 Å². The zero-order valence-corrected chi connectivity index (χ0v) is 15.5. The van der Waals surface area contributed by atoms with Gasteiger partial charge in [-0.15, -0.1) is 0 Å². The van der Waals surface area contributed by atoms with Crippen LogP contribution in [0, 0.1) is 5.92 Å². The lowest BCUT2D eigenvalue weighted by Gasteiger charge is -2.21. The van der Waals surface area contributed by atoms with Gasteiger partial charge in [0.25, 0.3) is 0 Å². The molecule has 0 aliphatic heterocycles. The number of nitrogens with zero attached hydrogens (tertiary/aromatic N) is 1. The van der Waals surface area contributed by atoms with Gasteiger partial charge in [-0.2, -0.15) is 0 Å². The highest BCUT2D eigenvalue weighted by atomic mass is 16.5. The van der Waals surface area contributed by atoms with E-state index in [4.69, 9.17) is 4.74 Å². The van der Waals surface area contributed by atoms with Crippen molar-refractivity contribution >= 4 is 5.96 Å². The minimum Gasteiger partial charge on any atom is -0.493 e.